The lowest BCUT2D eigenvalue weighted by Crippen LogP contribution is -2.33. The molecule has 0 aliphatic carbocycles. The van der Waals surface area contributed by atoms with E-state index in [2.05, 4.69) is 85.6 Å². The minimum Gasteiger partial charge on any atom is -0.464 e. The second-order valence-electron chi connectivity index (χ2n) is 7.43. The van der Waals surface area contributed by atoms with Gasteiger partial charge in [0.15, 0.2) is 0 Å². The van der Waals surface area contributed by atoms with E-state index in [1.54, 1.807) is 0 Å². The van der Waals surface area contributed by atoms with Crippen molar-refractivity contribution in [2.45, 2.75) is 32.5 Å². The molecule has 3 heteroatoms. The van der Waals surface area contributed by atoms with E-state index in [9.17, 15) is 0 Å². The molecule has 0 fully saturated rings. The van der Waals surface area contributed by atoms with Crippen LogP contribution in [0, 0.1) is 13.8 Å². The van der Waals surface area contributed by atoms with Crippen LogP contribution in [0.25, 0.3) is 0 Å². The third-order valence-electron chi connectivity index (χ3n) is 5.45. The Morgan fingerprint density at radius 3 is 2.26 bits per heavy atom. The molecule has 2 aliphatic heterocycles. The maximum Gasteiger partial charge on any atom is 0.213 e. The lowest BCUT2D eigenvalue weighted by atomic mass is 9.95. The lowest BCUT2D eigenvalue weighted by Gasteiger charge is -2.38. The lowest BCUT2D eigenvalue weighted by molar-refractivity contribution is -0.0190. The second-order valence-corrected chi connectivity index (χ2v) is 7.43. The van der Waals surface area contributed by atoms with Crippen molar-refractivity contribution in [1.82, 2.24) is 5.01 Å². The zero-order valence-electron chi connectivity index (χ0n) is 15.6. The van der Waals surface area contributed by atoms with Crippen molar-refractivity contribution in [3.8, 4) is 5.75 Å². The number of fused-ring (bicyclic) bond motifs is 3. The summed E-state index contributed by atoms with van der Waals surface area (Å²) in [5.41, 5.74) is 7.17. The number of ether oxygens (including phenoxy) is 1. The molecule has 0 bridgehead atoms. The van der Waals surface area contributed by atoms with Crippen LogP contribution in [0.1, 0.15) is 46.5 Å². The van der Waals surface area contributed by atoms with Gasteiger partial charge in [-0.25, -0.2) is 5.01 Å². The maximum absolute atomic E-state index is 6.39. The fraction of sp³-hybridized carbons (Fsp3) is 0.208. The summed E-state index contributed by atoms with van der Waals surface area (Å²) in [6.45, 7) is 4.22. The van der Waals surface area contributed by atoms with Crippen molar-refractivity contribution < 1.29 is 4.74 Å². The fourth-order valence-electron chi connectivity index (χ4n) is 3.91. The minimum absolute atomic E-state index is 0.201. The molecule has 5 rings (SSSR count). The summed E-state index contributed by atoms with van der Waals surface area (Å²) in [6, 6.07) is 25.7. The molecule has 0 spiro atoms. The second kappa shape index (κ2) is 6.27. The van der Waals surface area contributed by atoms with E-state index in [0.29, 0.717) is 0 Å². The zero-order valence-corrected chi connectivity index (χ0v) is 15.6. The Morgan fingerprint density at radius 2 is 1.52 bits per heavy atom. The van der Waals surface area contributed by atoms with Crippen LogP contribution >= 0.6 is 0 Å². The smallest absolute Gasteiger partial charge is 0.213 e. The van der Waals surface area contributed by atoms with Gasteiger partial charge in [-0.3, -0.25) is 0 Å². The Kier molecular flexibility index (Phi) is 3.75. The average Bonchev–Trinajstić information content (AvgIpc) is 3.14. The number of para-hydroxylation sites is 1. The molecule has 2 aliphatic rings. The van der Waals surface area contributed by atoms with Crippen LogP contribution in [0.5, 0.6) is 5.75 Å². The van der Waals surface area contributed by atoms with Gasteiger partial charge in [-0.2, -0.15) is 5.10 Å². The summed E-state index contributed by atoms with van der Waals surface area (Å²) in [7, 11) is 0. The summed E-state index contributed by atoms with van der Waals surface area (Å²) in [5, 5.41) is 7.16. The molecule has 0 N–H and O–H groups in total. The summed E-state index contributed by atoms with van der Waals surface area (Å²) in [5.74, 6) is 0.963. The molecule has 2 atom stereocenters. The summed E-state index contributed by atoms with van der Waals surface area (Å²) < 4.78 is 6.39. The van der Waals surface area contributed by atoms with Gasteiger partial charge in [0.2, 0.25) is 6.23 Å². The molecule has 134 valence electrons. The van der Waals surface area contributed by atoms with Crippen LogP contribution < -0.4 is 4.74 Å². The predicted octanol–water partition coefficient (Wildman–Crippen LogP) is 5.55. The predicted molar refractivity (Wildman–Crippen MR) is 108 cm³/mol. The molecule has 0 amide bonds. The van der Waals surface area contributed by atoms with Gasteiger partial charge in [-0.1, -0.05) is 77.9 Å². The van der Waals surface area contributed by atoms with Gasteiger partial charge in [0, 0.05) is 17.5 Å². The van der Waals surface area contributed by atoms with E-state index in [4.69, 9.17) is 9.84 Å². The van der Waals surface area contributed by atoms with Gasteiger partial charge in [0.25, 0.3) is 0 Å². The van der Waals surface area contributed by atoms with Gasteiger partial charge in [-0.05, 0) is 25.5 Å². The van der Waals surface area contributed by atoms with Crippen molar-refractivity contribution in [3.05, 3.63) is 101 Å². The highest BCUT2D eigenvalue weighted by Gasteiger charge is 2.40. The zero-order chi connectivity index (χ0) is 18.4. The highest BCUT2D eigenvalue weighted by molar-refractivity contribution is 6.02. The molecule has 0 radical (unpaired) electrons. The van der Waals surface area contributed by atoms with Crippen LogP contribution in [-0.4, -0.2) is 10.7 Å². The van der Waals surface area contributed by atoms with E-state index < -0.39 is 0 Å². The van der Waals surface area contributed by atoms with Crippen molar-refractivity contribution in [1.29, 1.82) is 0 Å². The Hall–Kier alpha value is -3.07. The molecule has 3 aromatic carbocycles. The van der Waals surface area contributed by atoms with E-state index in [0.717, 1.165) is 23.4 Å². The molecular formula is C24H22N2O. The number of rotatable bonds is 2. The van der Waals surface area contributed by atoms with Crippen molar-refractivity contribution in [2.24, 2.45) is 5.10 Å². The number of hydrazone groups is 1. The average molecular weight is 354 g/mol. The van der Waals surface area contributed by atoms with Crippen LogP contribution in [0.2, 0.25) is 0 Å². The largest absolute Gasteiger partial charge is 0.464 e. The third-order valence-corrected chi connectivity index (χ3v) is 5.45. The third kappa shape index (κ3) is 2.80. The first-order valence-corrected chi connectivity index (χ1v) is 9.44. The van der Waals surface area contributed by atoms with Crippen LogP contribution in [-0.2, 0) is 0 Å². The Balaban J connectivity index is 1.58. The Bertz CT molecular complexity index is 1010. The SMILES string of the molecule is Cc1ccc(C2=NN3[C@@H](c4ccc(C)cc4)Oc4ccccc4[C@@H]3C2)cc1. The van der Waals surface area contributed by atoms with Gasteiger partial charge in [0.05, 0.1) is 11.8 Å². The first-order valence-electron chi connectivity index (χ1n) is 9.44. The van der Waals surface area contributed by atoms with Gasteiger partial charge >= 0.3 is 0 Å². The minimum atomic E-state index is -0.201. The number of hydrogen-bond donors (Lipinski definition) is 0. The van der Waals surface area contributed by atoms with Gasteiger partial charge < -0.3 is 4.74 Å². The summed E-state index contributed by atoms with van der Waals surface area (Å²) in [4.78, 5) is 0. The van der Waals surface area contributed by atoms with E-state index in [-0.39, 0.29) is 12.3 Å². The Morgan fingerprint density at radius 1 is 0.852 bits per heavy atom. The molecular weight excluding hydrogens is 332 g/mol. The molecule has 0 aromatic heterocycles. The van der Waals surface area contributed by atoms with E-state index >= 15 is 0 Å². The molecule has 2 heterocycles. The van der Waals surface area contributed by atoms with Crippen LogP contribution in [0.15, 0.2) is 77.9 Å². The highest BCUT2D eigenvalue weighted by atomic mass is 16.5. The summed E-state index contributed by atoms with van der Waals surface area (Å²) in [6.07, 6.45) is 0.694. The highest BCUT2D eigenvalue weighted by Crippen LogP contribution is 2.47. The molecule has 0 unspecified atom stereocenters. The number of hydrogen-bond acceptors (Lipinski definition) is 3. The first kappa shape index (κ1) is 16.1. The molecule has 0 saturated carbocycles. The van der Waals surface area contributed by atoms with E-state index in [1.165, 1.54) is 22.3 Å². The quantitative estimate of drug-likeness (QED) is 0.603. The number of nitrogens with zero attached hydrogens (tertiary/aromatic N) is 2. The van der Waals surface area contributed by atoms with Crippen LogP contribution in [0.4, 0.5) is 0 Å². The summed E-state index contributed by atoms with van der Waals surface area (Å²) >= 11 is 0. The standard InChI is InChI=1S/C24H22N2O/c1-16-7-11-18(12-8-16)21-15-22-20-5-3-4-6-23(20)27-24(26(22)25-21)19-13-9-17(2)10-14-19/h3-14,22,24H,15H2,1-2H3/t22-,24+/m0/s1. The first-order chi connectivity index (χ1) is 13.2. The van der Waals surface area contributed by atoms with Gasteiger partial charge in [0.1, 0.15) is 5.75 Å². The topological polar surface area (TPSA) is 24.8 Å². The van der Waals surface area contributed by atoms with Crippen molar-refractivity contribution in [2.75, 3.05) is 0 Å². The number of benzene rings is 3. The van der Waals surface area contributed by atoms with Crippen molar-refractivity contribution >= 4 is 5.71 Å². The normalized spacial score (nSPS) is 20.5. The van der Waals surface area contributed by atoms with Gasteiger partial charge in [-0.15, -0.1) is 0 Å². The maximum atomic E-state index is 6.39. The van der Waals surface area contributed by atoms with E-state index in [1.807, 2.05) is 6.07 Å². The Labute approximate surface area is 159 Å². The molecule has 3 aromatic rings. The molecule has 3 nitrogen and oxygen atoms in total. The van der Waals surface area contributed by atoms with Crippen molar-refractivity contribution in [3.63, 3.8) is 0 Å². The van der Waals surface area contributed by atoms with Crippen LogP contribution in [0.3, 0.4) is 0 Å². The number of aryl methyl sites for hydroxylation is 2. The molecule has 0 saturated heterocycles. The monoisotopic (exact) mass is 354 g/mol. The fourth-order valence-corrected chi connectivity index (χ4v) is 3.91. The molecule has 27 heavy (non-hydrogen) atoms.